The molecule has 0 aliphatic carbocycles. The van der Waals surface area contributed by atoms with Crippen molar-refractivity contribution in [2.75, 3.05) is 31.2 Å². The van der Waals surface area contributed by atoms with Gasteiger partial charge in [0.05, 0.1) is 5.56 Å². The van der Waals surface area contributed by atoms with Crippen molar-refractivity contribution in [2.45, 2.75) is 59.4 Å². The Bertz CT molecular complexity index is 1270. The zero-order valence-corrected chi connectivity index (χ0v) is 25.9. The second kappa shape index (κ2) is 14.6. The molecule has 3 N–H and O–H groups in total. The van der Waals surface area contributed by atoms with Crippen molar-refractivity contribution in [3.05, 3.63) is 87.2 Å². The van der Waals surface area contributed by atoms with Crippen LogP contribution in [0.2, 0.25) is 5.02 Å². The number of anilines is 1. The first-order chi connectivity index (χ1) is 18.6. The number of hydrogen-bond donors (Lipinski definition) is 3. The van der Waals surface area contributed by atoms with Crippen LogP contribution in [0.5, 0.6) is 0 Å². The fraction of sp³-hybridized carbons (Fsp3) is 0.406. The van der Waals surface area contributed by atoms with Crippen LogP contribution in [0.15, 0.2) is 48.5 Å². The van der Waals surface area contributed by atoms with Crippen molar-refractivity contribution in [3.63, 3.8) is 0 Å². The van der Waals surface area contributed by atoms with Crippen molar-refractivity contribution in [2.24, 2.45) is 0 Å². The number of halogens is 1. The van der Waals surface area contributed by atoms with Crippen LogP contribution < -0.4 is 10.6 Å². The average Bonchev–Trinajstić information content (AvgIpc) is 3.41. The summed E-state index contributed by atoms with van der Waals surface area (Å²) in [4.78, 5) is 18.7. The van der Waals surface area contributed by atoms with E-state index in [1.54, 1.807) is 11.8 Å². The van der Waals surface area contributed by atoms with Crippen LogP contribution in [-0.2, 0) is 5.75 Å². The molecule has 39 heavy (non-hydrogen) atoms. The van der Waals surface area contributed by atoms with Crippen molar-refractivity contribution in [1.29, 1.82) is 0 Å². The first-order valence-electron chi connectivity index (χ1n) is 13.6. The lowest BCUT2D eigenvalue weighted by Gasteiger charge is -2.30. The van der Waals surface area contributed by atoms with Gasteiger partial charge in [-0.25, -0.2) is 0 Å². The molecule has 0 radical (unpaired) electrons. The number of aromatic nitrogens is 1. The minimum atomic E-state index is -0.00157. The summed E-state index contributed by atoms with van der Waals surface area (Å²) in [5.74, 6) is 1.04. The van der Waals surface area contributed by atoms with Crippen LogP contribution in [0.1, 0.15) is 66.1 Å². The summed E-state index contributed by atoms with van der Waals surface area (Å²) >= 11 is 7.58. The van der Waals surface area contributed by atoms with Gasteiger partial charge < -0.3 is 15.6 Å². The molecule has 4 rings (SSSR count). The number of aromatic amines is 1. The van der Waals surface area contributed by atoms with Gasteiger partial charge in [-0.05, 0) is 88.8 Å². The Kier molecular flexibility index (Phi) is 11.6. The molecule has 0 unspecified atom stereocenters. The summed E-state index contributed by atoms with van der Waals surface area (Å²) in [7, 11) is 0. The van der Waals surface area contributed by atoms with E-state index in [4.69, 9.17) is 11.6 Å². The van der Waals surface area contributed by atoms with Gasteiger partial charge in [0.2, 0.25) is 0 Å². The van der Waals surface area contributed by atoms with Gasteiger partial charge in [-0.1, -0.05) is 41.9 Å². The average molecular weight is 567 g/mol. The molecule has 2 aromatic carbocycles. The van der Waals surface area contributed by atoms with Gasteiger partial charge in [-0.15, -0.1) is 0 Å². The Morgan fingerprint density at radius 1 is 1.10 bits per heavy atom. The molecule has 210 valence electrons. The number of thioether (sulfide) groups is 1. The maximum absolute atomic E-state index is 12.9. The first kappa shape index (κ1) is 30.9. The van der Waals surface area contributed by atoms with Gasteiger partial charge in [-0.3, -0.25) is 9.69 Å². The minimum absolute atomic E-state index is 0.00157. The molecular formula is C32H43ClN4OS. The largest absolute Gasteiger partial charge is 0.380 e. The number of H-pyrrole nitrogens is 1. The molecule has 0 saturated carbocycles. The number of nitrogens with one attached hydrogen (secondary N) is 3. The summed E-state index contributed by atoms with van der Waals surface area (Å²) < 4.78 is 0. The number of rotatable bonds is 9. The Morgan fingerprint density at radius 2 is 1.82 bits per heavy atom. The summed E-state index contributed by atoms with van der Waals surface area (Å²) in [6, 6.07) is 17.2. The van der Waals surface area contributed by atoms with Crippen molar-refractivity contribution in [1.82, 2.24) is 15.2 Å². The third-order valence-corrected chi connectivity index (χ3v) is 7.80. The Labute approximate surface area is 243 Å². The zero-order chi connectivity index (χ0) is 28.5. The van der Waals surface area contributed by atoms with Crippen LogP contribution in [0.3, 0.4) is 0 Å². The van der Waals surface area contributed by atoms with Crippen LogP contribution in [0.25, 0.3) is 11.6 Å². The zero-order valence-electron chi connectivity index (χ0n) is 24.3. The number of hydrogen-bond acceptors (Lipinski definition) is 4. The summed E-state index contributed by atoms with van der Waals surface area (Å²) in [5, 5.41) is 7.36. The maximum atomic E-state index is 12.9. The van der Waals surface area contributed by atoms with Crippen LogP contribution in [-0.4, -0.2) is 53.8 Å². The normalized spacial score (nSPS) is 13.5. The van der Waals surface area contributed by atoms with E-state index in [-0.39, 0.29) is 5.91 Å². The third kappa shape index (κ3) is 8.41. The van der Waals surface area contributed by atoms with Gasteiger partial charge in [-0.2, -0.15) is 11.8 Å². The van der Waals surface area contributed by atoms with E-state index in [0.29, 0.717) is 18.6 Å². The summed E-state index contributed by atoms with van der Waals surface area (Å²) in [6.07, 6.45) is 4.25. The van der Waals surface area contributed by atoms with Gasteiger partial charge >= 0.3 is 0 Å². The predicted octanol–water partition coefficient (Wildman–Crippen LogP) is 7.65. The van der Waals surface area contributed by atoms with Gasteiger partial charge in [0.25, 0.3) is 5.91 Å². The molecule has 7 heteroatoms. The van der Waals surface area contributed by atoms with Gasteiger partial charge in [0.15, 0.2) is 0 Å². The molecule has 0 bridgehead atoms. The van der Waals surface area contributed by atoms with E-state index < -0.39 is 0 Å². The smallest absolute Gasteiger partial charge is 0.253 e. The third-order valence-electron chi connectivity index (χ3n) is 6.95. The predicted molar refractivity (Wildman–Crippen MR) is 171 cm³/mol. The number of carbonyl (C=O) groups excluding carboxylic acids is 1. The molecular weight excluding hydrogens is 524 g/mol. The summed E-state index contributed by atoms with van der Waals surface area (Å²) in [5.41, 5.74) is 8.60. The quantitative estimate of drug-likeness (QED) is 0.249. The van der Waals surface area contributed by atoms with E-state index in [0.717, 1.165) is 52.1 Å². The first-order valence-corrected chi connectivity index (χ1v) is 15.4. The number of carbonyl (C=O) groups is 1. The fourth-order valence-corrected chi connectivity index (χ4v) is 5.78. The second-order valence-corrected chi connectivity index (χ2v) is 11.8. The highest BCUT2D eigenvalue weighted by atomic mass is 35.5. The second-order valence-electron chi connectivity index (χ2n) is 10.5. The topological polar surface area (TPSA) is 60.2 Å². The lowest BCUT2D eigenvalue weighted by Crippen LogP contribution is -2.42. The monoisotopic (exact) mass is 566 g/mol. The molecule has 0 atom stereocenters. The Hall–Kier alpha value is -2.67. The Balaban J connectivity index is 0.000000353. The number of amides is 1. The van der Waals surface area contributed by atoms with Crippen molar-refractivity contribution >= 4 is 46.6 Å². The van der Waals surface area contributed by atoms with Crippen LogP contribution in [0.4, 0.5) is 5.69 Å². The molecule has 1 amide bonds. The highest BCUT2D eigenvalue weighted by Crippen LogP contribution is 2.32. The molecule has 1 aliphatic rings. The van der Waals surface area contributed by atoms with Gasteiger partial charge in [0, 0.05) is 65.1 Å². The maximum Gasteiger partial charge on any atom is 0.253 e. The van der Waals surface area contributed by atoms with Crippen LogP contribution >= 0.6 is 23.4 Å². The van der Waals surface area contributed by atoms with Crippen molar-refractivity contribution in [3.8, 4) is 0 Å². The lowest BCUT2D eigenvalue weighted by atomic mass is 10.0. The number of fused-ring (bicyclic) bond motifs is 1. The number of para-hydroxylation sites is 1. The molecule has 0 fully saturated rings. The molecule has 1 aromatic heterocycles. The standard InChI is InChI=1S/C24H34N4O.C8H9ClS/c1-15(2)28(16(3)4)12-11-25-24(29)23-17(5)22(27-18(23)6)13-19-14-26-21-10-8-7-9-20(19)21;1-10-6-7-3-2-4-8(9)5-7/h7-10,13,15-16,26-27H,11-12,14H2,1-6H3,(H,25,29);2-5H,6H2,1H3/b19-13+;. The molecule has 3 aromatic rings. The highest BCUT2D eigenvalue weighted by Gasteiger charge is 2.20. The van der Waals surface area contributed by atoms with E-state index in [9.17, 15) is 4.79 Å². The Morgan fingerprint density at radius 3 is 2.49 bits per heavy atom. The van der Waals surface area contributed by atoms with Crippen molar-refractivity contribution < 1.29 is 4.79 Å². The van der Waals surface area contributed by atoms with E-state index >= 15 is 0 Å². The highest BCUT2D eigenvalue weighted by molar-refractivity contribution is 7.97. The molecule has 2 heterocycles. The SMILES string of the molecule is CSCc1cccc(Cl)c1.Cc1[nH]c(/C=C2\CNc3ccccc32)c(C)c1C(=O)NCCN(C(C)C)C(C)C. The minimum Gasteiger partial charge on any atom is -0.380 e. The molecule has 0 spiro atoms. The molecule has 5 nitrogen and oxygen atoms in total. The van der Waals surface area contributed by atoms with E-state index in [1.807, 2.05) is 38.1 Å². The van der Waals surface area contributed by atoms with Crippen LogP contribution in [0, 0.1) is 13.8 Å². The number of aryl methyl sites for hydroxylation is 1. The lowest BCUT2D eigenvalue weighted by molar-refractivity contribution is 0.0938. The fourth-order valence-electron chi connectivity index (χ4n) is 5.06. The molecule has 0 saturated heterocycles. The molecule has 1 aliphatic heterocycles. The van der Waals surface area contributed by atoms with Gasteiger partial charge in [0.1, 0.15) is 0 Å². The summed E-state index contributed by atoms with van der Waals surface area (Å²) in [6.45, 7) is 15.1. The number of benzene rings is 2. The van der Waals surface area contributed by atoms with E-state index in [1.165, 1.54) is 16.7 Å². The van der Waals surface area contributed by atoms with E-state index in [2.05, 4.69) is 84.8 Å². The number of nitrogens with zero attached hydrogens (tertiary/aromatic N) is 1.